The topological polar surface area (TPSA) is 50.9 Å². The molecular weight excluding hydrogens is 234 g/mol. The van der Waals surface area contributed by atoms with Crippen LogP contribution in [-0.2, 0) is 0 Å². The highest BCUT2D eigenvalue weighted by molar-refractivity contribution is 5.98. The highest BCUT2D eigenvalue weighted by Crippen LogP contribution is 2.34. The Morgan fingerprint density at radius 2 is 1.95 bits per heavy atom. The van der Waals surface area contributed by atoms with Gasteiger partial charge in [-0.1, -0.05) is 19.3 Å². The Labute approximate surface area is 114 Å². The van der Waals surface area contributed by atoms with E-state index in [1.165, 1.54) is 32.1 Å². The van der Waals surface area contributed by atoms with Gasteiger partial charge in [0.1, 0.15) is 0 Å². The molecule has 1 aromatic carbocycles. The highest BCUT2D eigenvalue weighted by atomic mass is 15.0. The van der Waals surface area contributed by atoms with E-state index < -0.39 is 0 Å². The van der Waals surface area contributed by atoms with E-state index in [1.807, 2.05) is 12.1 Å². The summed E-state index contributed by atoms with van der Waals surface area (Å²) < 4.78 is 0. The maximum absolute atomic E-state index is 6.00. The molecule has 3 nitrogen and oxygen atoms in total. The lowest BCUT2D eigenvalue weighted by Crippen LogP contribution is -2.36. The van der Waals surface area contributed by atoms with E-state index in [1.54, 1.807) is 6.20 Å². The number of hydrogen-bond donors (Lipinski definition) is 2. The fourth-order valence-electron chi connectivity index (χ4n) is 3.09. The number of nitrogens with one attached hydrogen (secondary N) is 1. The van der Waals surface area contributed by atoms with Crippen LogP contribution in [0.5, 0.6) is 0 Å². The Bertz CT molecular complexity index is 586. The summed E-state index contributed by atoms with van der Waals surface area (Å²) in [5.74, 6) is 0. The molecule has 0 saturated heterocycles. The van der Waals surface area contributed by atoms with Gasteiger partial charge in [-0.05, 0) is 44.0 Å². The van der Waals surface area contributed by atoms with Crippen molar-refractivity contribution in [3.8, 4) is 0 Å². The number of benzene rings is 1. The monoisotopic (exact) mass is 255 g/mol. The third-order valence-corrected chi connectivity index (χ3v) is 4.19. The van der Waals surface area contributed by atoms with Crippen LogP contribution in [0, 0.1) is 0 Å². The van der Waals surface area contributed by atoms with E-state index in [0.717, 1.165) is 22.3 Å². The van der Waals surface area contributed by atoms with E-state index in [0.29, 0.717) is 0 Å². The van der Waals surface area contributed by atoms with Crippen molar-refractivity contribution in [3.05, 3.63) is 30.5 Å². The van der Waals surface area contributed by atoms with Crippen molar-refractivity contribution in [1.82, 2.24) is 4.98 Å². The summed E-state index contributed by atoms with van der Waals surface area (Å²) in [6.07, 6.45) is 8.26. The molecule has 0 unspecified atom stereocenters. The van der Waals surface area contributed by atoms with Crippen LogP contribution in [0.2, 0.25) is 0 Å². The fraction of sp³-hybridized carbons (Fsp3) is 0.438. The van der Waals surface area contributed by atoms with Crippen molar-refractivity contribution in [3.63, 3.8) is 0 Å². The van der Waals surface area contributed by atoms with Gasteiger partial charge in [-0.2, -0.15) is 0 Å². The molecule has 19 heavy (non-hydrogen) atoms. The first-order valence-corrected chi connectivity index (χ1v) is 7.09. The molecule has 3 N–H and O–H groups in total. The van der Waals surface area contributed by atoms with Crippen LogP contribution in [0.1, 0.15) is 39.0 Å². The zero-order valence-electron chi connectivity index (χ0n) is 11.4. The smallest absolute Gasteiger partial charge is 0.0951 e. The number of rotatable bonds is 2. The number of fused-ring (bicyclic) bond motifs is 1. The molecule has 0 atom stereocenters. The summed E-state index contributed by atoms with van der Waals surface area (Å²) in [5.41, 5.74) is 9.00. The third kappa shape index (κ3) is 2.37. The predicted molar refractivity (Wildman–Crippen MR) is 81.3 cm³/mol. The first-order chi connectivity index (χ1) is 9.18. The number of nitrogens with two attached hydrogens (primary N) is 1. The second-order valence-electron chi connectivity index (χ2n) is 5.85. The maximum Gasteiger partial charge on any atom is 0.0951 e. The van der Waals surface area contributed by atoms with Crippen molar-refractivity contribution in [2.45, 2.75) is 44.6 Å². The van der Waals surface area contributed by atoms with Crippen LogP contribution in [0.25, 0.3) is 10.9 Å². The van der Waals surface area contributed by atoms with E-state index in [9.17, 15) is 0 Å². The number of aromatic nitrogens is 1. The molecule has 1 saturated carbocycles. The van der Waals surface area contributed by atoms with Gasteiger partial charge in [0.25, 0.3) is 0 Å². The minimum atomic E-state index is 0.205. The van der Waals surface area contributed by atoms with Crippen molar-refractivity contribution in [2.24, 2.45) is 0 Å². The van der Waals surface area contributed by atoms with E-state index in [4.69, 9.17) is 5.73 Å². The molecule has 3 heteroatoms. The molecule has 0 amide bonds. The lowest BCUT2D eigenvalue weighted by atomic mass is 9.83. The van der Waals surface area contributed by atoms with E-state index in [2.05, 4.69) is 29.4 Å². The van der Waals surface area contributed by atoms with Gasteiger partial charge in [0.15, 0.2) is 0 Å². The van der Waals surface area contributed by atoms with E-state index >= 15 is 0 Å². The van der Waals surface area contributed by atoms with Gasteiger partial charge in [-0.25, -0.2) is 0 Å². The first-order valence-electron chi connectivity index (χ1n) is 7.09. The zero-order chi connectivity index (χ0) is 13.3. The second kappa shape index (κ2) is 4.72. The Balaban J connectivity index is 1.99. The largest absolute Gasteiger partial charge is 0.397 e. The summed E-state index contributed by atoms with van der Waals surface area (Å²) in [6.45, 7) is 2.32. The molecule has 0 radical (unpaired) electrons. The van der Waals surface area contributed by atoms with Crippen molar-refractivity contribution < 1.29 is 0 Å². The van der Waals surface area contributed by atoms with Gasteiger partial charge in [0.05, 0.1) is 11.2 Å². The van der Waals surface area contributed by atoms with Gasteiger partial charge in [-0.15, -0.1) is 0 Å². The van der Waals surface area contributed by atoms with Gasteiger partial charge in [0, 0.05) is 22.8 Å². The Morgan fingerprint density at radius 3 is 2.74 bits per heavy atom. The van der Waals surface area contributed by atoms with Crippen LogP contribution < -0.4 is 11.1 Å². The number of pyridine rings is 1. The normalized spacial score (nSPS) is 18.4. The van der Waals surface area contributed by atoms with Crippen LogP contribution in [0.15, 0.2) is 30.5 Å². The molecule has 100 valence electrons. The summed E-state index contributed by atoms with van der Waals surface area (Å²) in [6, 6.07) is 8.09. The second-order valence-corrected chi connectivity index (χ2v) is 5.85. The summed E-state index contributed by atoms with van der Waals surface area (Å²) in [5, 5.41) is 4.85. The lowest BCUT2D eigenvalue weighted by molar-refractivity contribution is 0.349. The SMILES string of the molecule is CC1(Nc2ccc(N)c3ncccc23)CCCCC1. The fourth-order valence-corrected chi connectivity index (χ4v) is 3.09. The quantitative estimate of drug-likeness (QED) is 0.799. The molecule has 1 fully saturated rings. The summed E-state index contributed by atoms with van der Waals surface area (Å²) in [7, 11) is 0. The van der Waals surface area contributed by atoms with E-state index in [-0.39, 0.29) is 5.54 Å². The minimum Gasteiger partial charge on any atom is -0.397 e. The van der Waals surface area contributed by atoms with Crippen molar-refractivity contribution in [1.29, 1.82) is 0 Å². The molecule has 1 aliphatic rings. The number of nitrogens with zero attached hydrogens (tertiary/aromatic N) is 1. The number of hydrogen-bond acceptors (Lipinski definition) is 3. The van der Waals surface area contributed by atoms with Gasteiger partial charge in [-0.3, -0.25) is 4.98 Å². The first kappa shape index (κ1) is 12.3. The lowest BCUT2D eigenvalue weighted by Gasteiger charge is -2.36. The van der Waals surface area contributed by atoms with Crippen LogP contribution in [-0.4, -0.2) is 10.5 Å². The van der Waals surface area contributed by atoms with Crippen LogP contribution >= 0.6 is 0 Å². The summed E-state index contributed by atoms with van der Waals surface area (Å²) >= 11 is 0. The number of anilines is 2. The molecule has 2 aromatic rings. The molecule has 3 rings (SSSR count). The van der Waals surface area contributed by atoms with Crippen LogP contribution in [0.3, 0.4) is 0 Å². The minimum absolute atomic E-state index is 0.205. The molecule has 1 heterocycles. The predicted octanol–water partition coefficient (Wildman–Crippen LogP) is 3.95. The molecule has 1 aliphatic carbocycles. The van der Waals surface area contributed by atoms with Gasteiger partial charge < -0.3 is 11.1 Å². The third-order valence-electron chi connectivity index (χ3n) is 4.19. The Morgan fingerprint density at radius 1 is 1.16 bits per heavy atom. The molecule has 0 spiro atoms. The molecule has 0 aliphatic heterocycles. The average molecular weight is 255 g/mol. The zero-order valence-corrected chi connectivity index (χ0v) is 11.4. The molecule has 1 aromatic heterocycles. The highest BCUT2D eigenvalue weighted by Gasteiger charge is 2.26. The van der Waals surface area contributed by atoms with Gasteiger partial charge >= 0.3 is 0 Å². The maximum atomic E-state index is 6.00. The standard InChI is InChI=1S/C16H21N3/c1-16(9-3-2-4-10-16)19-14-8-7-13(17)15-12(14)6-5-11-18-15/h5-8,11,19H,2-4,9-10,17H2,1H3. The Hall–Kier alpha value is -1.77. The molecule has 0 bridgehead atoms. The number of nitrogen functional groups attached to an aromatic ring is 1. The van der Waals surface area contributed by atoms with Crippen molar-refractivity contribution >= 4 is 22.3 Å². The Kier molecular flexibility index (Phi) is 3.05. The van der Waals surface area contributed by atoms with Crippen molar-refractivity contribution in [2.75, 3.05) is 11.1 Å². The summed E-state index contributed by atoms with van der Waals surface area (Å²) in [4.78, 5) is 4.39. The van der Waals surface area contributed by atoms with Crippen LogP contribution in [0.4, 0.5) is 11.4 Å². The molecular formula is C16H21N3. The van der Waals surface area contributed by atoms with Gasteiger partial charge in [0.2, 0.25) is 0 Å². The average Bonchev–Trinajstić information content (AvgIpc) is 2.43.